The van der Waals surface area contributed by atoms with Gasteiger partial charge in [-0.2, -0.15) is 0 Å². The van der Waals surface area contributed by atoms with Crippen molar-refractivity contribution < 1.29 is 0 Å². The van der Waals surface area contributed by atoms with Crippen molar-refractivity contribution in [1.29, 1.82) is 0 Å². The number of nitrogens with two attached hydrogens (primary N) is 1. The highest BCUT2D eigenvalue weighted by atomic mass is 14.6. The maximum Gasteiger partial charge on any atom is 0.00440 e. The second kappa shape index (κ2) is 4.27. The molecule has 1 nitrogen and oxygen atoms in total. The smallest absolute Gasteiger partial charge is 0.00440 e. The van der Waals surface area contributed by atoms with E-state index in [4.69, 9.17) is 5.73 Å². The van der Waals surface area contributed by atoms with Crippen LogP contribution in [0.1, 0.15) is 46.5 Å². The van der Waals surface area contributed by atoms with Crippen LogP contribution < -0.4 is 5.73 Å². The molecule has 0 spiro atoms. The summed E-state index contributed by atoms with van der Waals surface area (Å²) in [5.41, 5.74) is 5.99. The predicted molar refractivity (Wildman–Crippen MR) is 53.9 cm³/mol. The lowest BCUT2D eigenvalue weighted by Gasteiger charge is -2.32. The topological polar surface area (TPSA) is 26.0 Å². The van der Waals surface area contributed by atoms with Gasteiger partial charge in [0, 0.05) is 6.04 Å². The van der Waals surface area contributed by atoms with Gasteiger partial charge in [0.05, 0.1) is 0 Å². The molecule has 1 rings (SSSR count). The summed E-state index contributed by atoms with van der Waals surface area (Å²) in [7, 11) is 0. The van der Waals surface area contributed by atoms with E-state index >= 15 is 0 Å². The molecule has 0 radical (unpaired) electrons. The van der Waals surface area contributed by atoms with Crippen molar-refractivity contribution in [3.8, 4) is 0 Å². The Kier molecular flexibility index (Phi) is 3.57. The molecule has 0 heterocycles. The van der Waals surface area contributed by atoms with Crippen LogP contribution in [0.15, 0.2) is 0 Å². The van der Waals surface area contributed by atoms with E-state index in [1.807, 2.05) is 0 Å². The van der Waals surface area contributed by atoms with E-state index in [2.05, 4.69) is 20.8 Å². The largest absolute Gasteiger partial charge is 0.328 e. The summed E-state index contributed by atoms with van der Waals surface area (Å²) in [6.07, 6.45) is 5.29. The van der Waals surface area contributed by atoms with Crippen molar-refractivity contribution in [3.05, 3.63) is 0 Å². The Morgan fingerprint density at radius 3 is 2.42 bits per heavy atom. The number of hydrogen-bond donors (Lipinski definition) is 1. The molecule has 1 fully saturated rings. The Bertz CT molecular complexity index is 118. The van der Waals surface area contributed by atoms with E-state index in [1.165, 1.54) is 25.7 Å². The van der Waals surface area contributed by atoms with Crippen LogP contribution >= 0.6 is 0 Å². The normalized spacial score (nSPS) is 37.2. The quantitative estimate of drug-likeness (QED) is 0.676. The van der Waals surface area contributed by atoms with Crippen LogP contribution in [0.5, 0.6) is 0 Å². The summed E-state index contributed by atoms with van der Waals surface area (Å²) in [5.74, 6) is 2.61. The van der Waals surface area contributed by atoms with Crippen molar-refractivity contribution in [1.82, 2.24) is 0 Å². The predicted octanol–water partition coefficient (Wildman–Crippen LogP) is 2.80. The van der Waals surface area contributed by atoms with Crippen molar-refractivity contribution >= 4 is 0 Å². The summed E-state index contributed by atoms with van der Waals surface area (Å²) >= 11 is 0. The molecule has 0 aromatic carbocycles. The maximum atomic E-state index is 5.99. The lowest BCUT2D eigenvalue weighted by Crippen LogP contribution is -2.32. The summed E-state index contributed by atoms with van der Waals surface area (Å²) in [4.78, 5) is 0. The molecule has 72 valence electrons. The average Bonchev–Trinajstić information content (AvgIpc) is 1.81. The Morgan fingerprint density at radius 2 is 1.92 bits per heavy atom. The Morgan fingerprint density at radius 1 is 1.25 bits per heavy atom. The van der Waals surface area contributed by atoms with Gasteiger partial charge in [0.1, 0.15) is 0 Å². The van der Waals surface area contributed by atoms with Crippen molar-refractivity contribution in [2.75, 3.05) is 0 Å². The average molecular weight is 169 g/mol. The van der Waals surface area contributed by atoms with Gasteiger partial charge in [0.15, 0.2) is 0 Å². The minimum absolute atomic E-state index is 0.484. The van der Waals surface area contributed by atoms with E-state index in [9.17, 15) is 0 Å². The molecule has 1 unspecified atom stereocenters. The van der Waals surface area contributed by atoms with Crippen molar-refractivity contribution in [2.45, 2.75) is 52.5 Å². The summed E-state index contributed by atoms with van der Waals surface area (Å²) in [5, 5.41) is 0. The van der Waals surface area contributed by atoms with E-state index in [1.54, 1.807) is 0 Å². The third-order valence-electron chi connectivity index (χ3n) is 2.88. The lowest BCUT2D eigenvalue weighted by atomic mass is 9.76. The summed E-state index contributed by atoms with van der Waals surface area (Å²) < 4.78 is 0. The molecule has 0 saturated heterocycles. The minimum Gasteiger partial charge on any atom is -0.328 e. The van der Waals surface area contributed by atoms with Crippen molar-refractivity contribution in [2.24, 2.45) is 23.5 Å². The number of rotatable bonds is 2. The molecular weight excluding hydrogens is 146 g/mol. The molecule has 3 atom stereocenters. The van der Waals surface area contributed by atoms with Gasteiger partial charge < -0.3 is 5.73 Å². The first-order valence-electron chi connectivity index (χ1n) is 5.33. The van der Waals surface area contributed by atoms with E-state index in [-0.39, 0.29) is 0 Å². The van der Waals surface area contributed by atoms with E-state index < -0.39 is 0 Å². The molecule has 12 heavy (non-hydrogen) atoms. The van der Waals surface area contributed by atoms with Crippen LogP contribution in [0, 0.1) is 17.8 Å². The van der Waals surface area contributed by atoms with E-state index in [0.717, 1.165) is 17.8 Å². The van der Waals surface area contributed by atoms with Gasteiger partial charge in [0.25, 0.3) is 0 Å². The second-order valence-corrected chi connectivity index (χ2v) is 5.07. The molecule has 0 aromatic heterocycles. The Labute approximate surface area is 76.7 Å². The fraction of sp³-hybridized carbons (Fsp3) is 1.00. The zero-order valence-electron chi connectivity index (χ0n) is 8.72. The van der Waals surface area contributed by atoms with Gasteiger partial charge in [-0.05, 0) is 43.4 Å². The Hall–Kier alpha value is -0.0400. The van der Waals surface area contributed by atoms with Crippen molar-refractivity contribution in [3.63, 3.8) is 0 Å². The number of hydrogen-bond acceptors (Lipinski definition) is 1. The van der Waals surface area contributed by atoms with E-state index in [0.29, 0.717) is 6.04 Å². The van der Waals surface area contributed by atoms with Crippen LogP contribution in [0.25, 0.3) is 0 Å². The summed E-state index contributed by atoms with van der Waals surface area (Å²) in [6.45, 7) is 6.96. The van der Waals surface area contributed by atoms with Gasteiger partial charge >= 0.3 is 0 Å². The van der Waals surface area contributed by atoms with Gasteiger partial charge in [-0.3, -0.25) is 0 Å². The fourth-order valence-electron chi connectivity index (χ4n) is 2.66. The molecule has 1 saturated carbocycles. The molecule has 0 aromatic rings. The molecule has 0 bridgehead atoms. The highest BCUT2D eigenvalue weighted by molar-refractivity contribution is 4.79. The third kappa shape index (κ3) is 3.14. The molecule has 1 aliphatic rings. The SMILES string of the molecule is CC(C)C[C@@H]1CC(N)C[C@H](C)C1. The van der Waals surface area contributed by atoms with Crippen LogP contribution in [0.4, 0.5) is 0 Å². The Balaban J connectivity index is 2.34. The monoisotopic (exact) mass is 169 g/mol. The zero-order chi connectivity index (χ0) is 9.14. The molecule has 0 aliphatic heterocycles. The first-order chi connectivity index (χ1) is 5.58. The van der Waals surface area contributed by atoms with Crippen LogP contribution in [0.2, 0.25) is 0 Å². The zero-order valence-corrected chi connectivity index (χ0v) is 8.72. The maximum absolute atomic E-state index is 5.99. The van der Waals surface area contributed by atoms with Crippen LogP contribution in [-0.4, -0.2) is 6.04 Å². The van der Waals surface area contributed by atoms with Gasteiger partial charge in [-0.15, -0.1) is 0 Å². The first kappa shape index (κ1) is 10.0. The molecule has 1 aliphatic carbocycles. The standard InChI is InChI=1S/C11H23N/c1-8(2)4-10-5-9(3)6-11(12)7-10/h8-11H,4-7,12H2,1-3H3/t9-,10+,11?/m1/s1. The van der Waals surface area contributed by atoms with Gasteiger partial charge in [-0.25, -0.2) is 0 Å². The van der Waals surface area contributed by atoms with Crippen LogP contribution in [0.3, 0.4) is 0 Å². The highest BCUT2D eigenvalue weighted by Gasteiger charge is 2.24. The van der Waals surface area contributed by atoms with Gasteiger partial charge in [-0.1, -0.05) is 20.8 Å². The van der Waals surface area contributed by atoms with Crippen LogP contribution in [-0.2, 0) is 0 Å². The van der Waals surface area contributed by atoms with Gasteiger partial charge in [0.2, 0.25) is 0 Å². The third-order valence-corrected chi connectivity index (χ3v) is 2.88. The fourth-order valence-corrected chi connectivity index (χ4v) is 2.66. The molecule has 0 amide bonds. The summed E-state index contributed by atoms with van der Waals surface area (Å²) in [6, 6.07) is 0.484. The second-order valence-electron chi connectivity index (χ2n) is 5.07. The first-order valence-corrected chi connectivity index (χ1v) is 5.33. The minimum atomic E-state index is 0.484. The highest BCUT2D eigenvalue weighted by Crippen LogP contribution is 2.31. The molecule has 1 heteroatoms. The molecule has 2 N–H and O–H groups in total. The lowest BCUT2D eigenvalue weighted by molar-refractivity contribution is 0.225. The molecular formula is C11H23N.